The van der Waals surface area contributed by atoms with Gasteiger partial charge in [0.2, 0.25) is 0 Å². The number of benzene rings is 1. The molecule has 0 aliphatic carbocycles. The lowest BCUT2D eigenvalue weighted by Gasteiger charge is -2.03. The largest absolute Gasteiger partial charge is 0.253 e. The van der Waals surface area contributed by atoms with Crippen molar-refractivity contribution in [3.05, 3.63) is 47.8 Å². The monoisotopic (exact) mass is 183 g/mol. The van der Waals surface area contributed by atoms with Crippen molar-refractivity contribution in [1.29, 1.82) is 0 Å². The van der Waals surface area contributed by atoms with Gasteiger partial charge in [0.15, 0.2) is 0 Å². The van der Waals surface area contributed by atoms with E-state index in [-0.39, 0.29) is 0 Å². The Hall–Kier alpha value is -1.63. The lowest BCUT2D eigenvalue weighted by molar-refractivity contribution is 1.20. The minimum absolute atomic E-state index is 1.06. The summed E-state index contributed by atoms with van der Waals surface area (Å²) in [5, 5.41) is 2.48. The van der Waals surface area contributed by atoms with Crippen molar-refractivity contribution in [3.63, 3.8) is 0 Å². The Morgan fingerprint density at radius 2 is 2.00 bits per heavy atom. The number of rotatable bonds is 1. The summed E-state index contributed by atoms with van der Waals surface area (Å²) in [5.74, 6) is 0. The molecule has 2 rings (SSSR count). The van der Waals surface area contributed by atoms with Crippen LogP contribution in [0.1, 0.15) is 18.3 Å². The van der Waals surface area contributed by atoms with Crippen LogP contribution in [0, 0.1) is 6.92 Å². The highest BCUT2D eigenvalue weighted by atomic mass is 14.7. The zero-order valence-corrected chi connectivity index (χ0v) is 8.49. The van der Waals surface area contributed by atoms with Gasteiger partial charge in [-0.1, -0.05) is 30.3 Å². The van der Waals surface area contributed by atoms with E-state index < -0.39 is 0 Å². The van der Waals surface area contributed by atoms with Crippen molar-refractivity contribution in [3.8, 4) is 0 Å². The number of hydrogen-bond acceptors (Lipinski definition) is 1. The Morgan fingerprint density at radius 3 is 2.79 bits per heavy atom. The van der Waals surface area contributed by atoms with Gasteiger partial charge in [-0.3, -0.25) is 4.98 Å². The molecule has 2 aromatic rings. The van der Waals surface area contributed by atoms with Gasteiger partial charge in [-0.05, 0) is 31.4 Å². The second-order valence-corrected chi connectivity index (χ2v) is 3.37. The first-order valence-corrected chi connectivity index (χ1v) is 4.80. The van der Waals surface area contributed by atoms with Crippen LogP contribution in [0.25, 0.3) is 16.8 Å². The van der Waals surface area contributed by atoms with Crippen LogP contribution in [0.4, 0.5) is 0 Å². The zero-order chi connectivity index (χ0) is 9.97. The van der Waals surface area contributed by atoms with Crippen LogP contribution in [-0.4, -0.2) is 4.98 Å². The molecule has 1 nitrogen and oxygen atoms in total. The summed E-state index contributed by atoms with van der Waals surface area (Å²) in [5.41, 5.74) is 2.12. The standard InChI is InChI=1S/C13H13N/c1-3-6-13-12-8-5-4-7-11(12)9-10(2)14-13/h3-9H,1-2H3/b6-3+. The summed E-state index contributed by atoms with van der Waals surface area (Å²) >= 11 is 0. The third-order valence-electron chi connectivity index (χ3n) is 2.22. The van der Waals surface area contributed by atoms with E-state index in [9.17, 15) is 0 Å². The van der Waals surface area contributed by atoms with E-state index in [1.54, 1.807) is 0 Å². The van der Waals surface area contributed by atoms with Crippen LogP contribution in [0.3, 0.4) is 0 Å². The third kappa shape index (κ3) is 1.53. The smallest absolute Gasteiger partial charge is 0.0707 e. The molecule has 0 unspecified atom stereocenters. The fourth-order valence-electron chi connectivity index (χ4n) is 1.65. The molecule has 0 fully saturated rings. The second kappa shape index (κ2) is 3.62. The first-order valence-electron chi connectivity index (χ1n) is 4.80. The Morgan fingerprint density at radius 1 is 1.21 bits per heavy atom. The van der Waals surface area contributed by atoms with Crippen LogP contribution >= 0.6 is 0 Å². The molecule has 0 spiro atoms. The number of aromatic nitrogens is 1. The van der Waals surface area contributed by atoms with Crippen LogP contribution in [0.15, 0.2) is 36.4 Å². The van der Waals surface area contributed by atoms with Crippen LogP contribution in [-0.2, 0) is 0 Å². The summed E-state index contributed by atoms with van der Waals surface area (Å²) in [4.78, 5) is 4.50. The SMILES string of the molecule is C/C=C/c1nc(C)cc2ccccc12. The van der Waals surface area contributed by atoms with Crippen LogP contribution in [0.5, 0.6) is 0 Å². The highest BCUT2D eigenvalue weighted by molar-refractivity contribution is 5.89. The van der Waals surface area contributed by atoms with Gasteiger partial charge in [0.1, 0.15) is 0 Å². The topological polar surface area (TPSA) is 12.9 Å². The average Bonchev–Trinajstić information content (AvgIpc) is 2.18. The van der Waals surface area contributed by atoms with Crippen molar-refractivity contribution < 1.29 is 0 Å². The summed E-state index contributed by atoms with van der Waals surface area (Å²) in [6.07, 6.45) is 4.07. The minimum atomic E-state index is 1.06. The van der Waals surface area contributed by atoms with Gasteiger partial charge in [0.05, 0.1) is 5.69 Å². The first-order chi connectivity index (χ1) is 6.81. The number of nitrogens with zero attached hydrogens (tertiary/aromatic N) is 1. The molecule has 0 saturated heterocycles. The molecule has 1 aromatic carbocycles. The van der Waals surface area contributed by atoms with E-state index in [2.05, 4.69) is 35.3 Å². The molecule has 70 valence electrons. The first kappa shape index (κ1) is 8.95. The van der Waals surface area contributed by atoms with E-state index in [0.29, 0.717) is 0 Å². The maximum atomic E-state index is 4.50. The van der Waals surface area contributed by atoms with Crippen LogP contribution in [0.2, 0.25) is 0 Å². The molecular weight excluding hydrogens is 170 g/mol. The molecule has 0 aliphatic heterocycles. The van der Waals surface area contributed by atoms with Gasteiger partial charge >= 0.3 is 0 Å². The summed E-state index contributed by atoms with van der Waals surface area (Å²) in [6.45, 7) is 4.04. The minimum Gasteiger partial charge on any atom is -0.253 e. The Bertz CT molecular complexity index is 484. The number of fused-ring (bicyclic) bond motifs is 1. The fraction of sp³-hybridized carbons (Fsp3) is 0.154. The van der Waals surface area contributed by atoms with Gasteiger partial charge in [-0.15, -0.1) is 0 Å². The summed E-state index contributed by atoms with van der Waals surface area (Å²) in [7, 11) is 0. The molecule has 1 aromatic heterocycles. The quantitative estimate of drug-likeness (QED) is 0.658. The normalized spacial score (nSPS) is 11.3. The highest BCUT2D eigenvalue weighted by Gasteiger charge is 1.99. The molecule has 1 heteroatoms. The second-order valence-electron chi connectivity index (χ2n) is 3.37. The van der Waals surface area contributed by atoms with E-state index in [1.807, 2.05) is 26.0 Å². The van der Waals surface area contributed by atoms with Gasteiger partial charge in [-0.2, -0.15) is 0 Å². The molecule has 0 bridgehead atoms. The molecule has 0 radical (unpaired) electrons. The summed E-state index contributed by atoms with van der Waals surface area (Å²) in [6, 6.07) is 10.4. The van der Waals surface area contributed by atoms with Gasteiger partial charge in [0.25, 0.3) is 0 Å². The molecule has 0 amide bonds. The van der Waals surface area contributed by atoms with E-state index in [1.165, 1.54) is 10.8 Å². The predicted octanol–water partition coefficient (Wildman–Crippen LogP) is 3.58. The maximum absolute atomic E-state index is 4.50. The summed E-state index contributed by atoms with van der Waals surface area (Å²) < 4.78 is 0. The number of hydrogen-bond donors (Lipinski definition) is 0. The third-order valence-corrected chi connectivity index (χ3v) is 2.22. The Labute approximate surface area is 84.1 Å². The van der Waals surface area contributed by atoms with Crippen molar-refractivity contribution in [2.24, 2.45) is 0 Å². The zero-order valence-electron chi connectivity index (χ0n) is 8.49. The predicted molar refractivity (Wildman–Crippen MR) is 61.2 cm³/mol. The number of aryl methyl sites for hydroxylation is 1. The molecule has 0 N–H and O–H groups in total. The van der Waals surface area contributed by atoms with Crippen LogP contribution < -0.4 is 0 Å². The lowest BCUT2D eigenvalue weighted by Crippen LogP contribution is -1.87. The maximum Gasteiger partial charge on any atom is 0.0707 e. The van der Waals surface area contributed by atoms with Gasteiger partial charge in [-0.25, -0.2) is 0 Å². The van der Waals surface area contributed by atoms with Gasteiger partial charge < -0.3 is 0 Å². The molecular formula is C13H13N. The van der Waals surface area contributed by atoms with Crippen molar-refractivity contribution in [2.45, 2.75) is 13.8 Å². The molecule has 0 aliphatic rings. The Kier molecular flexibility index (Phi) is 2.32. The molecule has 0 atom stereocenters. The van der Waals surface area contributed by atoms with E-state index in [4.69, 9.17) is 0 Å². The lowest BCUT2D eigenvalue weighted by atomic mass is 10.1. The highest BCUT2D eigenvalue weighted by Crippen LogP contribution is 2.19. The number of pyridine rings is 1. The van der Waals surface area contributed by atoms with Crippen molar-refractivity contribution in [1.82, 2.24) is 4.98 Å². The number of allylic oxidation sites excluding steroid dienone is 1. The van der Waals surface area contributed by atoms with Crippen molar-refractivity contribution >= 4 is 16.8 Å². The van der Waals surface area contributed by atoms with E-state index >= 15 is 0 Å². The van der Waals surface area contributed by atoms with E-state index in [0.717, 1.165) is 11.4 Å². The Balaban J connectivity index is 2.79. The molecule has 1 heterocycles. The molecule has 0 saturated carbocycles. The molecule has 14 heavy (non-hydrogen) atoms. The average molecular weight is 183 g/mol. The fourth-order valence-corrected chi connectivity index (χ4v) is 1.65. The van der Waals surface area contributed by atoms with Crippen molar-refractivity contribution in [2.75, 3.05) is 0 Å². The van der Waals surface area contributed by atoms with Gasteiger partial charge in [0, 0.05) is 11.1 Å².